The van der Waals surface area contributed by atoms with Gasteiger partial charge in [0.25, 0.3) is 0 Å². The maximum absolute atomic E-state index is 12.8. The van der Waals surface area contributed by atoms with Crippen molar-refractivity contribution in [2.24, 2.45) is 5.73 Å². The van der Waals surface area contributed by atoms with Gasteiger partial charge in [0.05, 0.1) is 6.42 Å². The number of amides is 3. The van der Waals surface area contributed by atoms with E-state index in [9.17, 15) is 18.8 Å². The van der Waals surface area contributed by atoms with Crippen LogP contribution < -0.4 is 11.1 Å². The topological polar surface area (TPSA) is 113 Å². The Balaban J connectivity index is 2.62. The van der Waals surface area contributed by atoms with Gasteiger partial charge >= 0.3 is 12.0 Å². The summed E-state index contributed by atoms with van der Waals surface area (Å²) in [6, 6.07) is 3.48. The molecule has 4 N–H and O–H groups in total. The minimum Gasteiger partial charge on any atom is -0.480 e. The maximum Gasteiger partial charge on any atom is 0.326 e. The summed E-state index contributed by atoms with van der Waals surface area (Å²) in [5.41, 5.74) is 5.59. The lowest BCUT2D eigenvalue weighted by molar-refractivity contribution is -0.140. The molecule has 0 aromatic heterocycles. The van der Waals surface area contributed by atoms with Gasteiger partial charge in [0.15, 0.2) is 0 Å². The summed E-state index contributed by atoms with van der Waals surface area (Å²) in [7, 11) is 1.45. The zero-order valence-corrected chi connectivity index (χ0v) is 11.4. The number of hydrogen-bond acceptors (Lipinski definition) is 3. The Morgan fingerprint density at radius 1 is 1.33 bits per heavy atom. The number of carbonyl (C=O) groups excluding carboxylic acids is 2. The molecule has 0 aliphatic carbocycles. The van der Waals surface area contributed by atoms with Gasteiger partial charge in [-0.25, -0.2) is 14.0 Å². The number of hydrogen-bond donors (Lipinski definition) is 3. The number of halogens is 1. The number of carboxylic acid groups (broad SMARTS) is 1. The number of nitrogens with zero attached hydrogens (tertiary/aromatic N) is 1. The zero-order valence-electron chi connectivity index (χ0n) is 11.4. The van der Waals surface area contributed by atoms with Gasteiger partial charge in [0, 0.05) is 13.6 Å². The van der Waals surface area contributed by atoms with Gasteiger partial charge in [-0.15, -0.1) is 0 Å². The lowest BCUT2D eigenvalue weighted by Gasteiger charge is -2.21. The Morgan fingerprint density at radius 2 is 1.90 bits per heavy atom. The van der Waals surface area contributed by atoms with Crippen molar-refractivity contribution in [3.05, 3.63) is 35.6 Å². The summed E-state index contributed by atoms with van der Waals surface area (Å²) >= 11 is 0. The molecule has 7 nitrogen and oxygen atoms in total. The van der Waals surface area contributed by atoms with Gasteiger partial charge < -0.3 is 21.1 Å². The highest BCUT2D eigenvalue weighted by Gasteiger charge is 2.23. The number of benzene rings is 1. The number of urea groups is 1. The van der Waals surface area contributed by atoms with Crippen molar-refractivity contribution in [2.75, 3.05) is 7.05 Å². The molecule has 0 spiro atoms. The second kappa shape index (κ2) is 7.22. The van der Waals surface area contributed by atoms with E-state index in [1.165, 1.54) is 36.2 Å². The molecule has 1 aromatic carbocycles. The minimum atomic E-state index is -1.38. The van der Waals surface area contributed by atoms with Gasteiger partial charge in [0.1, 0.15) is 11.9 Å². The Morgan fingerprint density at radius 3 is 2.38 bits per heavy atom. The minimum absolute atomic E-state index is 0.162. The van der Waals surface area contributed by atoms with Crippen LogP contribution in [0.1, 0.15) is 12.0 Å². The molecule has 8 heteroatoms. The van der Waals surface area contributed by atoms with E-state index in [1.807, 2.05) is 0 Å². The molecule has 3 amide bonds. The third kappa shape index (κ3) is 5.47. The first-order valence-electron chi connectivity index (χ1n) is 6.06. The molecule has 1 rings (SSSR count). The van der Waals surface area contributed by atoms with Crippen molar-refractivity contribution in [1.82, 2.24) is 10.2 Å². The molecular weight excluding hydrogens is 281 g/mol. The SMILES string of the molecule is CN(Cc1ccc(F)cc1)C(=O)NC(CC(N)=O)C(=O)O. The highest BCUT2D eigenvalue weighted by Crippen LogP contribution is 2.06. The van der Waals surface area contributed by atoms with Crippen LogP contribution in [0.4, 0.5) is 9.18 Å². The predicted molar refractivity (Wildman–Crippen MR) is 71.6 cm³/mol. The Labute approximate surface area is 120 Å². The van der Waals surface area contributed by atoms with E-state index in [2.05, 4.69) is 5.32 Å². The molecule has 0 heterocycles. The lowest BCUT2D eigenvalue weighted by Crippen LogP contribution is -2.48. The molecule has 1 aromatic rings. The zero-order chi connectivity index (χ0) is 16.0. The fraction of sp³-hybridized carbons (Fsp3) is 0.308. The van der Waals surface area contributed by atoms with Crippen molar-refractivity contribution in [3.8, 4) is 0 Å². The first-order chi connectivity index (χ1) is 9.79. The van der Waals surface area contributed by atoms with Crippen molar-refractivity contribution in [2.45, 2.75) is 19.0 Å². The van der Waals surface area contributed by atoms with E-state index in [0.29, 0.717) is 5.56 Å². The van der Waals surface area contributed by atoms with Crippen LogP contribution in [-0.4, -0.2) is 41.0 Å². The van der Waals surface area contributed by atoms with Crippen LogP contribution >= 0.6 is 0 Å². The largest absolute Gasteiger partial charge is 0.480 e. The summed E-state index contributed by atoms with van der Waals surface area (Å²) < 4.78 is 12.8. The van der Waals surface area contributed by atoms with Crippen molar-refractivity contribution >= 4 is 17.9 Å². The van der Waals surface area contributed by atoms with Crippen LogP contribution in [0.2, 0.25) is 0 Å². The fourth-order valence-corrected chi connectivity index (χ4v) is 1.60. The van der Waals surface area contributed by atoms with E-state index < -0.39 is 36.2 Å². The molecule has 0 radical (unpaired) electrons. The van der Waals surface area contributed by atoms with Crippen LogP contribution in [0.15, 0.2) is 24.3 Å². The van der Waals surface area contributed by atoms with E-state index in [4.69, 9.17) is 10.8 Å². The van der Waals surface area contributed by atoms with E-state index >= 15 is 0 Å². The fourth-order valence-electron chi connectivity index (χ4n) is 1.60. The Bertz CT molecular complexity index is 533. The number of rotatable bonds is 6. The highest BCUT2D eigenvalue weighted by atomic mass is 19.1. The summed E-state index contributed by atoms with van der Waals surface area (Å²) in [6.45, 7) is 0.162. The van der Waals surface area contributed by atoms with Crippen LogP contribution in [0.25, 0.3) is 0 Å². The molecular formula is C13H16FN3O4. The number of aliphatic carboxylic acids is 1. The Kier molecular flexibility index (Phi) is 5.65. The van der Waals surface area contributed by atoms with E-state index in [-0.39, 0.29) is 6.54 Å². The van der Waals surface area contributed by atoms with Gasteiger partial charge in [-0.2, -0.15) is 0 Å². The number of nitrogens with one attached hydrogen (secondary N) is 1. The van der Waals surface area contributed by atoms with E-state index in [1.54, 1.807) is 0 Å². The third-order valence-electron chi connectivity index (χ3n) is 2.68. The first-order valence-corrected chi connectivity index (χ1v) is 6.06. The van der Waals surface area contributed by atoms with Gasteiger partial charge in [-0.05, 0) is 17.7 Å². The molecule has 0 bridgehead atoms. The van der Waals surface area contributed by atoms with Crippen LogP contribution in [0, 0.1) is 5.82 Å². The summed E-state index contributed by atoms with van der Waals surface area (Å²) in [6.07, 6.45) is -0.495. The quantitative estimate of drug-likeness (QED) is 0.700. The third-order valence-corrected chi connectivity index (χ3v) is 2.68. The summed E-state index contributed by atoms with van der Waals surface area (Å²) in [4.78, 5) is 34.7. The number of carbonyl (C=O) groups is 3. The van der Waals surface area contributed by atoms with E-state index in [0.717, 1.165) is 0 Å². The lowest BCUT2D eigenvalue weighted by atomic mass is 10.2. The molecule has 0 fully saturated rings. The van der Waals surface area contributed by atoms with Gasteiger partial charge in [-0.1, -0.05) is 12.1 Å². The van der Waals surface area contributed by atoms with Crippen molar-refractivity contribution in [3.63, 3.8) is 0 Å². The Hall–Kier alpha value is -2.64. The predicted octanol–water partition coefficient (Wildman–Crippen LogP) is 0.296. The second-order valence-corrected chi connectivity index (χ2v) is 4.49. The van der Waals surface area contributed by atoms with Crippen molar-refractivity contribution in [1.29, 1.82) is 0 Å². The average molecular weight is 297 g/mol. The molecule has 0 aliphatic heterocycles. The number of primary amides is 1. The monoisotopic (exact) mass is 297 g/mol. The van der Waals surface area contributed by atoms with Crippen LogP contribution in [0.5, 0.6) is 0 Å². The molecule has 1 unspecified atom stereocenters. The molecule has 0 saturated carbocycles. The standard InChI is InChI=1S/C13H16FN3O4/c1-17(7-8-2-4-9(14)5-3-8)13(21)16-10(12(19)20)6-11(15)18/h2-5,10H,6-7H2,1H3,(H2,15,18)(H,16,21)(H,19,20). The average Bonchev–Trinajstić information content (AvgIpc) is 2.39. The highest BCUT2D eigenvalue weighted by molar-refractivity contribution is 5.87. The summed E-state index contributed by atoms with van der Waals surface area (Å²) in [5, 5.41) is 11.1. The molecule has 114 valence electrons. The molecule has 0 aliphatic rings. The van der Waals surface area contributed by atoms with Gasteiger partial charge in [0.2, 0.25) is 5.91 Å². The second-order valence-electron chi connectivity index (χ2n) is 4.49. The smallest absolute Gasteiger partial charge is 0.326 e. The molecule has 1 atom stereocenters. The van der Waals surface area contributed by atoms with Gasteiger partial charge in [-0.3, -0.25) is 4.79 Å². The maximum atomic E-state index is 12.8. The number of nitrogens with two attached hydrogens (primary N) is 1. The van der Waals surface area contributed by atoms with Crippen LogP contribution in [0.3, 0.4) is 0 Å². The van der Waals surface area contributed by atoms with Crippen molar-refractivity contribution < 1.29 is 23.9 Å². The molecule has 0 saturated heterocycles. The normalized spacial score (nSPS) is 11.5. The first kappa shape index (κ1) is 16.4. The molecule has 21 heavy (non-hydrogen) atoms. The number of carboxylic acids is 1. The van der Waals surface area contributed by atoms with Crippen LogP contribution in [-0.2, 0) is 16.1 Å². The summed E-state index contributed by atoms with van der Waals surface area (Å²) in [5.74, 6) is -2.57.